The van der Waals surface area contributed by atoms with Gasteiger partial charge in [0.05, 0.1) is 23.5 Å². The number of aliphatic imine (C=N–C) groups is 2. The molecule has 1 aromatic heterocycles. The second kappa shape index (κ2) is 8.52. The topological polar surface area (TPSA) is 104 Å². The normalized spacial score (nSPS) is 13.7. The molecule has 0 saturated carbocycles. The number of nitrogens with two attached hydrogens (primary N) is 1. The zero-order valence-corrected chi connectivity index (χ0v) is 16.7. The van der Waals surface area contributed by atoms with Crippen molar-refractivity contribution in [2.24, 2.45) is 9.98 Å². The number of hydrogen-bond acceptors (Lipinski definition) is 6. The first-order valence-corrected chi connectivity index (χ1v) is 9.89. The van der Waals surface area contributed by atoms with Gasteiger partial charge in [0.2, 0.25) is 0 Å². The van der Waals surface area contributed by atoms with Crippen LogP contribution in [-0.2, 0) is 12.5 Å². The predicted octanol–water partition coefficient (Wildman–Crippen LogP) is 3.46. The van der Waals surface area contributed by atoms with Gasteiger partial charge < -0.3 is 15.6 Å². The largest absolute Gasteiger partial charge is 0.399 e. The Bertz CT molecular complexity index is 1190. The number of halogens is 2. The molecule has 0 fully saturated rings. The number of amidine groups is 1. The lowest BCUT2D eigenvalue weighted by Crippen LogP contribution is -2.32. The van der Waals surface area contributed by atoms with Gasteiger partial charge in [-0.2, -0.15) is 5.26 Å². The molecule has 0 bridgehead atoms. The van der Waals surface area contributed by atoms with Crippen LogP contribution in [0.4, 0.5) is 14.5 Å². The molecule has 0 spiro atoms. The smallest absolute Gasteiger partial charge is 0.274 e. The Morgan fingerprint density at radius 2 is 1.90 bits per heavy atom. The highest BCUT2D eigenvalue weighted by atomic mass is 19.3. The van der Waals surface area contributed by atoms with Gasteiger partial charge in [0.1, 0.15) is 12.4 Å². The molecule has 2 heterocycles. The van der Waals surface area contributed by atoms with E-state index in [9.17, 15) is 8.78 Å². The number of fused-ring (bicyclic) bond motifs is 1. The first kappa shape index (κ1) is 20.5. The summed E-state index contributed by atoms with van der Waals surface area (Å²) in [6, 6.07) is 15.1. The molecule has 2 aromatic carbocycles. The fourth-order valence-corrected chi connectivity index (χ4v) is 3.49. The molecule has 3 N–H and O–H groups in total. The van der Waals surface area contributed by atoms with Gasteiger partial charge >= 0.3 is 0 Å². The van der Waals surface area contributed by atoms with Crippen LogP contribution < -0.4 is 11.1 Å². The number of imidazole rings is 1. The molecule has 158 valence electrons. The fraction of sp³-hybridized carbons (Fsp3) is 0.273. The monoisotopic (exact) mass is 421 g/mol. The molecule has 4 rings (SSSR count). The van der Waals surface area contributed by atoms with Crippen molar-refractivity contribution in [1.29, 1.82) is 5.26 Å². The van der Waals surface area contributed by atoms with Crippen molar-refractivity contribution < 1.29 is 8.78 Å². The second-order valence-corrected chi connectivity index (χ2v) is 7.14. The predicted molar refractivity (Wildman–Crippen MR) is 116 cm³/mol. The SMILES string of the molecule is N#CCCNC1=NCN=C1c1nc2ccccc2n1CCC(F)(F)c1ccc(N)cc1. The number of nitrogens with zero attached hydrogens (tertiary/aromatic N) is 5. The van der Waals surface area contributed by atoms with E-state index in [1.54, 1.807) is 4.57 Å². The third-order valence-electron chi connectivity index (χ3n) is 5.06. The van der Waals surface area contributed by atoms with Gasteiger partial charge in [-0.25, -0.2) is 18.8 Å². The van der Waals surface area contributed by atoms with Crippen LogP contribution in [0.1, 0.15) is 24.2 Å². The first-order valence-electron chi connectivity index (χ1n) is 9.89. The van der Waals surface area contributed by atoms with Gasteiger partial charge in [-0.05, 0) is 24.3 Å². The lowest BCUT2D eigenvalue weighted by molar-refractivity contribution is -0.0171. The van der Waals surface area contributed by atoms with Crippen LogP contribution in [0.25, 0.3) is 11.0 Å². The van der Waals surface area contributed by atoms with Gasteiger partial charge in [-0.1, -0.05) is 24.3 Å². The van der Waals surface area contributed by atoms with E-state index in [1.807, 2.05) is 24.3 Å². The van der Waals surface area contributed by atoms with Crippen LogP contribution in [-0.4, -0.2) is 34.3 Å². The van der Waals surface area contributed by atoms with Gasteiger partial charge in [0, 0.05) is 30.8 Å². The summed E-state index contributed by atoms with van der Waals surface area (Å²) >= 11 is 0. The quantitative estimate of drug-likeness (QED) is 0.450. The zero-order chi connectivity index (χ0) is 21.8. The van der Waals surface area contributed by atoms with Gasteiger partial charge in [-0.15, -0.1) is 0 Å². The maximum absolute atomic E-state index is 14.9. The summed E-state index contributed by atoms with van der Waals surface area (Å²) in [5, 5.41) is 11.9. The van der Waals surface area contributed by atoms with E-state index >= 15 is 0 Å². The van der Waals surface area contributed by atoms with Crippen molar-refractivity contribution in [3.8, 4) is 6.07 Å². The average Bonchev–Trinajstić information content (AvgIpc) is 3.37. The number of nitrogens with one attached hydrogen (secondary N) is 1. The van der Waals surface area contributed by atoms with E-state index < -0.39 is 12.3 Å². The Labute approximate surface area is 177 Å². The van der Waals surface area contributed by atoms with Crippen molar-refractivity contribution in [2.45, 2.75) is 25.3 Å². The summed E-state index contributed by atoms with van der Waals surface area (Å²) in [6.45, 7) is 0.691. The first-order chi connectivity index (χ1) is 15.0. The highest BCUT2D eigenvalue weighted by molar-refractivity contribution is 6.47. The van der Waals surface area contributed by atoms with Gasteiger partial charge in [0.25, 0.3) is 5.92 Å². The van der Waals surface area contributed by atoms with Crippen LogP contribution in [0.3, 0.4) is 0 Å². The van der Waals surface area contributed by atoms with Crippen LogP contribution >= 0.6 is 0 Å². The Hall–Kier alpha value is -3.80. The number of hydrogen-bond donors (Lipinski definition) is 2. The van der Waals surface area contributed by atoms with Gasteiger partial charge in [0.15, 0.2) is 11.7 Å². The number of alkyl halides is 2. The summed E-state index contributed by atoms with van der Waals surface area (Å²) in [6.07, 6.45) is -0.0948. The van der Waals surface area contributed by atoms with Crippen molar-refractivity contribution in [1.82, 2.24) is 14.9 Å². The average molecular weight is 421 g/mol. The molecule has 0 aliphatic carbocycles. The molecule has 0 amide bonds. The van der Waals surface area contributed by atoms with Crippen molar-refractivity contribution in [3.05, 3.63) is 59.9 Å². The fourth-order valence-electron chi connectivity index (χ4n) is 3.49. The number of nitrogen functional groups attached to an aromatic ring is 1. The number of rotatable bonds is 7. The lowest BCUT2D eigenvalue weighted by Gasteiger charge is -2.19. The van der Waals surface area contributed by atoms with Crippen LogP contribution in [0.2, 0.25) is 0 Å². The van der Waals surface area contributed by atoms with E-state index in [0.717, 1.165) is 5.52 Å². The molecule has 0 atom stereocenters. The highest BCUT2D eigenvalue weighted by Crippen LogP contribution is 2.33. The third-order valence-corrected chi connectivity index (χ3v) is 5.06. The van der Waals surface area contributed by atoms with Crippen LogP contribution in [0, 0.1) is 11.3 Å². The molecule has 1 aliphatic rings. The molecule has 0 saturated heterocycles. The van der Waals surface area contributed by atoms with Crippen molar-refractivity contribution >= 4 is 28.3 Å². The van der Waals surface area contributed by atoms with E-state index in [2.05, 4.69) is 26.4 Å². The van der Waals surface area contributed by atoms with Gasteiger partial charge in [-0.3, -0.25) is 4.99 Å². The maximum Gasteiger partial charge on any atom is 0.274 e. The maximum atomic E-state index is 14.9. The number of benzene rings is 2. The highest BCUT2D eigenvalue weighted by Gasteiger charge is 2.32. The number of nitriles is 1. The summed E-state index contributed by atoms with van der Waals surface area (Å²) in [5.41, 5.74) is 7.95. The Kier molecular flexibility index (Phi) is 5.62. The van der Waals surface area contributed by atoms with E-state index in [4.69, 9.17) is 11.0 Å². The lowest BCUT2D eigenvalue weighted by atomic mass is 10.0. The Morgan fingerprint density at radius 1 is 1.13 bits per heavy atom. The minimum atomic E-state index is -3.03. The molecule has 9 heteroatoms. The van der Waals surface area contributed by atoms with E-state index in [-0.39, 0.29) is 18.8 Å². The standard InChI is InChI=1S/C22H21F2N7/c23-22(24,15-6-8-16(26)9-7-15)10-13-31-18-5-2-1-4-17(18)30-21(31)19-20(29-14-28-19)27-12-3-11-25/h1-2,4-9H,3,10,12-14,26H2,(H,27,29). The Morgan fingerprint density at radius 3 is 2.68 bits per heavy atom. The molecule has 0 unspecified atom stereocenters. The molecule has 0 radical (unpaired) electrons. The van der Waals surface area contributed by atoms with Crippen molar-refractivity contribution in [2.75, 3.05) is 18.9 Å². The summed E-state index contributed by atoms with van der Waals surface area (Å²) in [5.74, 6) is -2.03. The molecule has 1 aliphatic heterocycles. The number of aromatic nitrogens is 2. The van der Waals surface area contributed by atoms with E-state index in [1.165, 1.54) is 24.3 Å². The third kappa shape index (κ3) is 4.23. The summed E-state index contributed by atoms with van der Waals surface area (Å²) in [4.78, 5) is 13.4. The minimum absolute atomic E-state index is 0.0394. The molecular formula is C22H21F2N7. The number of para-hydroxylation sites is 2. The molecular weight excluding hydrogens is 400 g/mol. The number of aryl methyl sites for hydroxylation is 1. The van der Waals surface area contributed by atoms with Crippen LogP contribution in [0.15, 0.2) is 58.5 Å². The zero-order valence-electron chi connectivity index (χ0n) is 16.7. The molecule has 3 aromatic rings. The second-order valence-electron chi connectivity index (χ2n) is 7.14. The summed E-state index contributed by atoms with van der Waals surface area (Å²) in [7, 11) is 0. The minimum Gasteiger partial charge on any atom is -0.399 e. The summed E-state index contributed by atoms with van der Waals surface area (Å²) < 4.78 is 31.6. The number of anilines is 1. The van der Waals surface area contributed by atoms with Crippen LogP contribution in [0.5, 0.6) is 0 Å². The Balaban J connectivity index is 1.64. The molecule has 31 heavy (non-hydrogen) atoms. The van der Waals surface area contributed by atoms with Crippen molar-refractivity contribution in [3.63, 3.8) is 0 Å². The van der Waals surface area contributed by atoms with E-state index in [0.29, 0.717) is 41.5 Å². The molecule has 7 nitrogen and oxygen atoms in total.